The van der Waals surface area contributed by atoms with E-state index in [1.165, 1.54) is 0 Å². The molecule has 0 radical (unpaired) electrons. The maximum absolute atomic E-state index is 11.1. The number of nitrogens with zero attached hydrogens (tertiary/aromatic N) is 1. The number of carbonyl (C=O) groups is 2. The minimum Gasteiger partial charge on any atom is -0.457 e. The lowest BCUT2D eigenvalue weighted by molar-refractivity contribution is -0.120. The van der Waals surface area contributed by atoms with E-state index >= 15 is 0 Å². The van der Waals surface area contributed by atoms with Crippen molar-refractivity contribution in [1.82, 2.24) is 10.2 Å². The second kappa shape index (κ2) is 4.94. The fourth-order valence-electron chi connectivity index (χ4n) is 1.73. The summed E-state index contributed by atoms with van der Waals surface area (Å²) >= 11 is 0. The van der Waals surface area contributed by atoms with Gasteiger partial charge in [-0.15, -0.1) is 0 Å². The molecule has 0 aromatic carbocycles. The van der Waals surface area contributed by atoms with Gasteiger partial charge in [-0.05, 0) is 12.1 Å². The monoisotopic (exact) mass is 222 g/mol. The molecular formula is C11H14N2O3. The highest BCUT2D eigenvalue weighted by Crippen LogP contribution is 2.10. The first-order valence-electron chi connectivity index (χ1n) is 5.31. The van der Waals surface area contributed by atoms with Crippen molar-refractivity contribution >= 4 is 12.2 Å². The van der Waals surface area contributed by atoms with Crippen LogP contribution in [0.25, 0.3) is 0 Å². The Bertz CT molecular complexity index is 386. The summed E-state index contributed by atoms with van der Waals surface area (Å²) < 4.78 is 5.29. The Balaban J connectivity index is 1.93. The summed E-state index contributed by atoms with van der Waals surface area (Å²) in [4.78, 5) is 23.7. The highest BCUT2D eigenvalue weighted by molar-refractivity contribution is 5.76. The number of rotatable bonds is 3. The first-order valence-corrected chi connectivity index (χ1v) is 5.31. The van der Waals surface area contributed by atoms with Crippen molar-refractivity contribution in [3.8, 4) is 0 Å². The topological polar surface area (TPSA) is 62.6 Å². The minimum absolute atomic E-state index is 0.0931. The van der Waals surface area contributed by atoms with Crippen LogP contribution in [0.3, 0.4) is 0 Å². The second-order valence-electron chi connectivity index (χ2n) is 3.80. The SMILES string of the molecule is O=Cc1ccc(CN2CCNC(=O)CC2)o1. The van der Waals surface area contributed by atoms with Crippen molar-refractivity contribution in [1.29, 1.82) is 0 Å². The molecule has 0 atom stereocenters. The number of carbonyl (C=O) groups excluding carboxylic acids is 2. The van der Waals surface area contributed by atoms with E-state index in [1.54, 1.807) is 12.1 Å². The molecule has 1 aromatic heterocycles. The Labute approximate surface area is 93.4 Å². The van der Waals surface area contributed by atoms with Crippen molar-refractivity contribution in [3.05, 3.63) is 23.7 Å². The lowest BCUT2D eigenvalue weighted by Crippen LogP contribution is -2.28. The lowest BCUT2D eigenvalue weighted by atomic mass is 10.3. The molecule has 86 valence electrons. The van der Waals surface area contributed by atoms with Crippen LogP contribution in [0.4, 0.5) is 0 Å². The van der Waals surface area contributed by atoms with Gasteiger partial charge in [0.2, 0.25) is 5.91 Å². The molecule has 1 saturated heterocycles. The summed E-state index contributed by atoms with van der Waals surface area (Å²) in [6, 6.07) is 3.45. The van der Waals surface area contributed by atoms with E-state index in [-0.39, 0.29) is 5.91 Å². The summed E-state index contributed by atoms with van der Waals surface area (Å²) in [7, 11) is 0. The summed E-state index contributed by atoms with van der Waals surface area (Å²) in [5, 5.41) is 2.81. The largest absolute Gasteiger partial charge is 0.457 e. The Kier molecular flexibility index (Phi) is 3.36. The molecule has 2 heterocycles. The van der Waals surface area contributed by atoms with Gasteiger partial charge in [-0.3, -0.25) is 14.5 Å². The average Bonchev–Trinajstić information content (AvgIpc) is 2.63. The molecule has 0 aliphatic carbocycles. The summed E-state index contributed by atoms with van der Waals surface area (Å²) in [5.74, 6) is 1.20. The van der Waals surface area contributed by atoms with Gasteiger partial charge in [0.05, 0.1) is 6.54 Å². The third-order valence-corrected chi connectivity index (χ3v) is 2.58. The van der Waals surface area contributed by atoms with E-state index in [9.17, 15) is 9.59 Å². The highest BCUT2D eigenvalue weighted by Gasteiger charge is 2.14. The fourth-order valence-corrected chi connectivity index (χ4v) is 1.73. The molecule has 5 heteroatoms. The number of furan rings is 1. The molecule has 1 amide bonds. The van der Waals surface area contributed by atoms with Crippen LogP contribution in [0.15, 0.2) is 16.5 Å². The Morgan fingerprint density at radius 1 is 1.44 bits per heavy atom. The van der Waals surface area contributed by atoms with Crippen LogP contribution in [0.1, 0.15) is 22.7 Å². The van der Waals surface area contributed by atoms with E-state index in [4.69, 9.17) is 4.42 Å². The van der Waals surface area contributed by atoms with Crippen molar-refractivity contribution < 1.29 is 14.0 Å². The number of hydrogen-bond donors (Lipinski definition) is 1. The zero-order valence-corrected chi connectivity index (χ0v) is 8.94. The standard InChI is InChI=1S/C11H14N2O3/c14-8-10-2-1-9(16-10)7-13-5-3-11(15)12-4-6-13/h1-2,8H,3-7H2,(H,12,15). The van der Waals surface area contributed by atoms with Crippen molar-refractivity contribution in [2.45, 2.75) is 13.0 Å². The smallest absolute Gasteiger partial charge is 0.221 e. The van der Waals surface area contributed by atoms with Crippen LogP contribution in [0.5, 0.6) is 0 Å². The van der Waals surface area contributed by atoms with Crippen LogP contribution in [0, 0.1) is 0 Å². The second-order valence-corrected chi connectivity index (χ2v) is 3.80. The normalized spacial score (nSPS) is 17.9. The quantitative estimate of drug-likeness (QED) is 0.753. The van der Waals surface area contributed by atoms with Crippen LogP contribution >= 0.6 is 0 Å². The van der Waals surface area contributed by atoms with E-state index in [0.717, 1.165) is 18.8 Å². The van der Waals surface area contributed by atoms with E-state index in [0.29, 0.717) is 31.6 Å². The molecule has 0 unspecified atom stereocenters. The Morgan fingerprint density at radius 3 is 3.06 bits per heavy atom. The predicted molar refractivity (Wildman–Crippen MR) is 57.0 cm³/mol. The summed E-state index contributed by atoms with van der Waals surface area (Å²) in [6.45, 7) is 2.84. The van der Waals surface area contributed by atoms with E-state index < -0.39 is 0 Å². The molecular weight excluding hydrogens is 208 g/mol. The zero-order chi connectivity index (χ0) is 11.4. The minimum atomic E-state index is 0.0931. The van der Waals surface area contributed by atoms with Crippen molar-refractivity contribution in [2.75, 3.05) is 19.6 Å². The van der Waals surface area contributed by atoms with Gasteiger partial charge in [0, 0.05) is 26.1 Å². The molecule has 0 saturated carbocycles. The third-order valence-electron chi connectivity index (χ3n) is 2.58. The van der Waals surface area contributed by atoms with Crippen molar-refractivity contribution in [3.63, 3.8) is 0 Å². The predicted octanol–water partition coefficient (Wildman–Crippen LogP) is 0.414. The number of amides is 1. The molecule has 16 heavy (non-hydrogen) atoms. The van der Waals surface area contributed by atoms with E-state index in [2.05, 4.69) is 10.2 Å². The van der Waals surface area contributed by atoms with Crippen LogP contribution in [-0.4, -0.2) is 36.7 Å². The number of nitrogens with one attached hydrogen (secondary N) is 1. The van der Waals surface area contributed by atoms with Crippen molar-refractivity contribution in [2.24, 2.45) is 0 Å². The highest BCUT2D eigenvalue weighted by atomic mass is 16.3. The molecule has 0 bridgehead atoms. The Hall–Kier alpha value is -1.62. The molecule has 1 fully saturated rings. The van der Waals surface area contributed by atoms with E-state index in [1.807, 2.05) is 0 Å². The van der Waals surface area contributed by atoms with Gasteiger partial charge in [-0.25, -0.2) is 0 Å². The Morgan fingerprint density at radius 2 is 2.31 bits per heavy atom. The molecule has 1 aromatic rings. The molecule has 1 N–H and O–H groups in total. The molecule has 2 rings (SSSR count). The summed E-state index contributed by atoms with van der Waals surface area (Å²) in [5.41, 5.74) is 0. The first-order chi connectivity index (χ1) is 7.78. The average molecular weight is 222 g/mol. The lowest BCUT2D eigenvalue weighted by Gasteiger charge is -2.16. The maximum Gasteiger partial charge on any atom is 0.221 e. The molecule has 1 aliphatic heterocycles. The number of hydrogen-bond acceptors (Lipinski definition) is 4. The summed E-state index contributed by atoms with van der Waals surface area (Å²) in [6.07, 6.45) is 1.21. The fraction of sp³-hybridized carbons (Fsp3) is 0.455. The molecule has 0 spiro atoms. The van der Waals surface area contributed by atoms with Crippen LogP contribution in [-0.2, 0) is 11.3 Å². The van der Waals surface area contributed by atoms with Gasteiger partial charge in [0.1, 0.15) is 5.76 Å². The van der Waals surface area contributed by atoms with Gasteiger partial charge in [-0.1, -0.05) is 0 Å². The van der Waals surface area contributed by atoms with Gasteiger partial charge in [0.25, 0.3) is 0 Å². The molecule has 1 aliphatic rings. The van der Waals surface area contributed by atoms with Gasteiger partial charge in [0.15, 0.2) is 12.0 Å². The first kappa shape index (κ1) is 10.9. The van der Waals surface area contributed by atoms with Gasteiger partial charge in [-0.2, -0.15) is 0 Å². The maximum atomic E-state index is 11.1. The van der Waals surface area contributed by atoms with Crippen LogP contribution in [0.2, 0.25) is 0 Å². The van der Waals surface area contributed by atoms with Gasteiger partial charge >= 0.3 is 0 Å². The number of aldehydes is 1. The van der Waals surface area contributed by atoms with Crippen LogP contribution < -0.4 is 5.32 Å². The molecule has 5 nitrogen and oxygen atoms in total. The zero-order valence-electron chi connectivity index (χ0n) is 8.94. The third kappa shape index (κ3) is 2.70. The van der Waals surface area contributed by atoms with Gasteiger partial charge < -0.3 is 9.73 Å².